The van der Waals surface area contributed by atoms with Gasteiger partial charge in [0.1, 0.15) is 140 Å². The number of hydrogen-bond acceptors (Lipinski definition) is 45. The SMILES string of the molecule is CC[C@H](C)[C@H](C[C@H](O)CC(=O)O[C@@H]1C(C)O[C@@H](OC(=O)[C@]23CCC(C)(C)CC2C2=CCC4[C@@]5(C)CC[C@H](O[C@@H]6OC(O)(C(=O)O)CC(O[C@@H]7OC[C@@H](O)C(O)C7O)C6O[C@@H]6OC(CO)[C@H](O)C(O)C6O)[C@@](C)(C=O)C5CC[C@@]4(C)[C@]2(C)C[C@H]3O)C(O[C@@H]2OC(C)[C@H](O[C@H]3OCC(O)[C@H](O[C@@H]4OCC(O)(CO)C4O)C3O)C(O)C2O)C1O)OC(=O)C[C@@H](O)C[C@H](OC1(O)CO[C@@H](CO)C1O)[C@@H](C)CC. The zero-order valence-electron chi connectivity index (χ0n) is 79.8. The van der Waals surface area contributed by atoms with Gasteiger partial charge >= 0.3 is 23.9 Å². The normalized spacial score (nSPS) is 48.7. The molecule has 0 amide bonds. The van der Waals surface area contributed by atoms with Crippen molar-refractivity contribution in [2.75, 3.05) is 46.2 Å². The molecular formula is C92H148O46. The molecule has 4 saturated carbocycles. The molecule has 0 aromatic carbocycles. The maximum absolute atomic E-state index is 16.4. The van der Waals surface area contributed by atoms with E-state index in [-0.39, 0.29) is 50.4 Å². The van der Waals surface area contributed by atoms with Crippen LogP contribution in [-0.4, -0.2) is 432 Å². The molecule has 46 nitrogen and oxygen atoms in total. The van der Waals surface area contributed by atoms with E-state index in [1.807, 2.05) is 27.7 Å². The quantitative estimate of drug-likeness (QED) is 0.00704. The van der Waals surface area contributed by atoms with Crippen molar-refractivity contribution < 1.29 is 227 Å². The van der Waals surface area contributed by atoms with Gasteiger partial charge in [0.05, 0.1) is 107 Å². The topological polar surface area (TPSA) is 717 Å². The number of carboxylic acid groups (broad SMARTS) is 1. The molecule has 8 aliphatic heterocycles. The fourth-order valence-electron chi connectivity index (χ4n) is 24.1. The minimum atomic E-state index is -3.22. The van der Waals surface area contributed by atoms with Crippen molar-refractivity contribution in [1.29, 1.82) is 0 Å². The number of rotatable bonds is 35. The van der Waals surface area contributed by atoms with E-state index in [1.54, 1.807) is 27.7 Å². The Kier molecular flexibility index (Phi) is 34.8. The third kappa shape index (κ3) is 21.2. The van der Waals surface area contributed by atoms with Gasteiger partial charge in [-0.1, -0.05) is 93.7 Å². The maximum atomic E-state index is 16.4. The fourth-order valence-corrected chi connectivity index (χ4v) is 24.1. The Balaban J connectivity index is 0.749. The van der Waals surface area contributed by atoms with Gasteiger partial charge in [-0.25, -0.2) is 4.79 Å². The zero-order chi connectivity index (χ0) is 101. The van der Waals surface area contributed by atoms with Crippen LogP contribution in [0.2, 0.25) is 0 Å². The van der Waals surface area contributed by atoms with Crippen LogP contribution in [0.15, 0.2) is 11.6 Å². The highest BCUT2D eigenvalue weighted by Gasteiger charge is 2.74. The van der Waals surface area contributed by atoms with Crippen molar-refractivity contribution in [3.63, 3.8) is 0 Å². The van der Waals surface area contributed by atoms with E-state index in [0.29, 0.717) is 44.9 Å². The lowest BCUT2D eigenvalue weighted by atomic mass is 9.33. The predicted molar refractivity (Wildman–Crippen MR) is 458 cm³/mol. The maximum Gasteiger partial charge on any atom is 0.364 e. The highest BCUT2D eigenvalue weighted by Crippen LogP contribution is 2.76. The molecule has 8 heterocycles. The van der Waals surface area contributed by atoms with Crippen LogP contribution >= 0.6 is 0 Å². The van der Waals surface area contributed by atoms with E-state index in [9.17, 15) is 137 Å². The van der Waals surface area contributed by atoms with Crippen LogP contribution in [0.3, 0.4) is 0 Å². The molecule has 12 fully saturated rings. The first-order valence-electron chi connectivity index (χ1n) is 48.3. The van der Waals surface area contributed by atoms with Gasteiger partial charge in [0, 0.05) is 19.3 Å². The number of fused-ring (bicyclic) bond motifs is 7. The Bertz CT molecular complexity index is 4140. The second-order valence-corrected chi connectivity index (χ2v) is 42.8. The van der Waals surface area contributed by atoms with Gasteiger partial charge in [-0.3, -0.25) is 14.4 Å². The first-order chi connectivity index (χ1) is 64.6. The van der Waals surface area contributed by atoms with Crippen LogP contribution in [-0.2, 0) is 109 Å². The summed E-state index contributed by atoms with van der Waals surface area (Å²) in [5.74, 6) is -13.1. The molecule has 0 bridgehead atoms. The molecule has 0 aromatic heterocycles. The Morgan fingerprint density at radius 1 is 0.529 bits per heavy atom. The van der Waals surface area contributed by atoms with Crippen LogP contribution in [0, 0.1) is 62.1 Å². The fraction of sp³-hybridized carbons (Fsp3) is 0.924. The Morgan fingerprint density at radius 2 is 1.12 bits per heavy atom. The molecule has 23 unspecified atom stereocenters. The number of aliphatic carboxylic acids is 1. The average molecular weight is 1990 g/mol. The van der Waals surface area contributed by atoms with E-state index < -0.39 is 378 Å². The number of carbonyl (C=O) groups is 5. The second kappa shape index (κ2) is 43.3. The molecule has 13 aliphatic rings. The van der Waals surface area contributed by atoms with Crippen LogP contribution in [0.4, 0.5) is 0 Å². The lowest BCUT2D eigenvalue weighted by Gasteiger charge is -2.71. The summed E-state index contributed by atoms with van der Waals surface area (Å²) in [4.78, 5) is 72.1. The van der Waals surface area contributed by atoms with E-state index in [2.05, 4.69) is 19.9 Å². The summed E-state index contributed by atoms with van der Waals surface area (Å²) in [6.45, 7) is 17.0. The highest BCUT2D eigenvalue weighted by atomic mass is 16.8. The third-order valence-corrected chi connectivity index (χ3v) is 33.3. The van der Waals surface area contributed by atoms with E-state index in [4.69, 9.17) is 85.3 Å². The summed E-state index contributed by atoms with van der Waals surface area (Å²) < 4.78 is 108. The smallest absolute Gasteiger partial charge is 0.364 e. The van der Waals surface area contributed by atoms with Gasteiger partial charge in [0.25, 0.3) is 5.79 Å². The third-order valence-electron chi connectivity index (χ3n) is 33.3. The lowest BCUT2D eigenvalue weighted by Crippen LogP contribution is -2.69. The van der Waals surface area contributed by atoms with Crippen LogP contribution < -0.4 is 0 Å². The molecule has 138 heavy (non-hydrogen) atoms. The molecule has 0 radical (unpaired) electrons. The second-order valence-electron chi connectivity index (χ2n) is 42.8. The number of carbonyl (C=O) groups excluding carboxylic acids is 4. The molecule has 46 heteroatoms. The Labute approximate surface area is 797 Å². The summed E-state index contributed by atoms with van der Waals surface area (Å²) in [5, 5.41) is 257. The Hall–Kier alpha value is -4.19. The van der Waals surface area contributed by atoms with Crippen molar-refractivity contribution in [3.8, 4) is 0 Å². The largest absolute Gasteiger partial charge is 0.477 e. The molecule has 0 spiro atoms. The number of ether oxygens (including phenoxy) is 18. The number of hydrogen-bond donors (Lipinski definition) is 23. The first kappa shape index (κ1) is 111. The van der Waals surface area contributed by atoms with Crippen molar-refractivity contribution >= 4 is 30.2 Å². The van der Waals surface area contributed by atoms with Gasteiger partial charge in [0.2, 0.25) is 12.1 Å². The van der Waals surface area contributed by atoms with Crippen molar-refractivity contribution in [2.24, 2.45) is 62.1 Å². The molecule has 23 N–H and O–H groups in total. The monoisotopic (exact) mass is 1990 g/mol. The molecule has 5 aliphatic carbocycles. The standard InChI is InChI=1S/C92H148O46/c1-13-38(3)48(127-57(102)25-43(98)24-49(39(4)14-2)137-92(120)37-123-52(31-94)73(92)113)23-42(97)26-58(103)131-69-41(6)126-79(72(66(69)111)135-77-65(110)62(107)68(40(5)125-77)132-76-67(112)70(47(100)33-122-76)133-81-74(114)89(118,35-96)36-124-81)136-83(117)90-22-21-84(7,8)27-45(90)44-15-16-54-85(9)19-18-56(86(10,34-95)53(85)17-20-87(54,11)88(44,12)29-55(90)101)130-80-71(134-78-64(109)61(106)60(105)51(30-93)129-78)50(28-91(119,138-80)82(115)116)128-75-63(108)59(104)46(99)32-121-75/h15,34,38-43,45-56,59-81,93-94,96-101,104-114,118-120H,13-14,16-33,35-37H2,1-12H3,(H,115,116)/t38-,39-,40?,41?,42-,43-,45?,46+,47?,48-,49-,50?,51?,52-,53?,54?,55+,56-,59?,60-,61?,62?,63?,64?,65?,66?,67?,68-,69+,70-,71?,72?,73?,74?,75-,76+,77-,78-,79-,80+,81-,85-,86-,87+,88+,89?,90+,91?,92?/m0/s1. The van der Waals surface area contributed by atoms with Crippen molar-refractivity contribution in [3.05, 3.63) is 11.6 Å². The van der Waals surface area contributed by atoms with E-state index >= 15 is 4.79 Å². The van der Waals surface area contributed by atoms with Gasteiger partial charge in [-0.2, -0.15) is 0 Å². The van der Waals surface area contributed by atoms with Crippen LogP contribution in [0.25, 0.3) is 0 Å². The van der Waals surface area contributed by atoms with Gasteiger partial charge in [-0.05, 0) is 123 Å². The summed E-state index contributed by atoms with van der Waals surface area (Å²) in [7, 11) is 0. The van der Waals surface area contributed by atoms with Crippen LogP contribution in [0.5, 0.6) is 0 Å². The zero-order valence-corrected chi connectivity index (χ0v) is 79.8. The summed E-state index contributed by atoms with van der Waals surface area (Å²) >= 11 is 0. The molecule has 49 atom stereocenters. The van der Waals surface area contributed by atoms with E-state index in [1.165, 1.54) is 13.8 Å². The van der Waals surface area contributed by atoms with Gasteiger partial charge < -0.3 is 208 Å². The summed E-state index contributed by atoms with van der Waals surface area (Å²) in [6.07, 6.45) is -60.5. The number of aliphatic hydroxyl groups excluding tert-OH is 19. The predicted octanol–water partition coefficient (Wildman–Crippen LogP) is -5.33. The number of aliphatic hydroxyl groups is 22. The van der Waals surface area contributed by atoms with Gasteiger partial charge in [0.15, 0.2) is 49.9 Å². The molecule has 0 aromatic rings. The minimum absolute atomic E-state index is 0.00929. The first-order valence-corrected chi connectivity index (χ1v) is 48.3. The van der Waals surface area contributed by atoms with E-state index in [0.717, 1.165) is 11.9 Å². The van der Waals surface area contributed by atoms with Gasteiger partial charge in [-0.15, -0.1) is 0 Å². The molecule has 13 rings (SSSR count). The Morgan fingerprint density at radius 3 is 1.75 bits per heavy atom. The van der Waals surface area contributed by atoms with Crippen molar-refractivity contribution in [2.45, 2.75) is 424 Å². The number of esters is 3. The number of aldehydes is 1. The molecular weight excluding hydrogens is 1840 g/mol. The lowest BCUT2D eigenvalue weighted by molar-refractivity contribution is -0.410. The summed E-state index contributed by atoms with van der Waals surface area (Å²) in [6, 6.07) is 0. The highest BCUT2D eigenvalue weighted by molar-refractivity contribution is 5.80. The average Bonchev–Trinajstić information content (AvgIpc) is 0.736. The number of carboxylic acids is 1. The number of allylic oxidation sites excluding steroid dienone is 2. The van der Waals surface area contributed by atoms with Crippen LogP contribution in [0.1, 0.15) is 186 Å². The van der Waals surface area contributed by atoms with Crippen molar-refractivity contribution in [1.82, 2.24) is 0 Å². The molecule has 792 valence electrons. The molecule has 8 saturated heterocycles. The minimum Gasteiger partial charge on any atom is -0.477 e. The summed E-state index contributed by atoms with van der Waals surface area (Å²) in [5.41, 5.74) is -7.76.